The molecule has 3 saturated heterocycles. The highest BCUT2D eigenvalue weighted by Crippen LogP contribution is 2.45. The third-order valence-electron chi connectivity index (χ3n) is 6.40. The van der Waals surface area contributed by atoms with E-state index in [1.165, 1.54) is 0 Å². The van der Waals surface area contributed by atoms with E-state index < -0.39 is 5.41 Å². The minimum atomic E-state index is -0.487. The number of ether oxygens (including phenoxy) is 1. The van der Waals surface area contributed by atoms with E-state index in [2.05, 4.69) is 14.9 Å². The number of hydrogen-bond donors (Lipinski definition) is 0. The fourth-order valence-electron chi connectivity index (χ4n) is 4.92. The summed E-state index contributed by atoms with van der Waals surface area (Å²) in [5.41, 5.74) is -0.487. The molecule has 28 heavy (non-hydrogen) atoms. The van der Waals surface area contributed by atoms with Gasteiger partial charge in [0.05, 0.1) is 18.6 Å². The molecule has 1 aromatic rings. The van der Waals surface area contributed by atoms with Gasteiger partial charge >= 0.3 is 0 Å². The van der Waals surface area contributed by atoms with Crippen molar-refractivity contribution in [3.63, 3.8) is 0 Å². The number of likely N-dealkylation sites (tertiary alicyclic amines) is 1. The highest BCUT2D eigenvalue weighted by atomic mass is 16.5. The standard InChI is InChI=1S/C20H29N5O3/c1-2-17(26)24-8-3-5-20(18(27)23-9-11-28-12-10-23)15-25(14-16(20)13-24)19-21-6-4-7-22-19/h4,6-7,16H,2-3,5,8-15H2,1H3/t16-,20-/m0/s1. The van der Waals surface area contributed by atoms with E-state index in [4.69, 9.17) is 4.74 Å². The van der Waals surface area contributed by atoms with E-state index in [0.717, 1.165) is 19.4 Å². The Morgan fingerprint density at radius 3 is 2.61 bits per heavy atom. The number of aromatic nitrogens is 2. The summed E-state index contributed by atoms with van der Waals surface area (Å²) in [5, 5.41) is 0. The van der Waals surface area contributed by atoms with Crippen molar-refractivity contribution in [2.45, 2.75) is 26.2 Å². The number of morpholine rings is 1. The minimum absolute atomic E-state index is 0.0876. The van der Waals surface area contributed by atoms with E-state index in [-0.39, 0.29) is 17.7 Å². The van der Waals surface area contributed by atoms with Crippen molar-refractivity contribution < 1.29 is 14.3 Å². The lowest BCUT2D eigenvalue weighted by molar-refractivity contribution is -0.148. The molecule has 0 saturated carbocycles. The number of anilines is 1. The van der Waals surface area contributed by atoms with Crippen molar-refractivity contribution in [1.82, 2.24) is 19.8 Å². The van der Waals surface area contributed by atoms with Crippen molar-refractivity contribution >= 4 is 17.8 Å². The Balaban J connectivity index is 1.64. The first-order valence-corrected chi connectivity index (χ1v) is 10.3. The fourth-order valence-corrected chi connectivity index (χ4v) is 4.92. The summed E-state index contributed by atoms with van der Waals surface area (Å²) in [6, 6.07) is 1.80. The summed E-state index contributed by atoms with van der Waals surface area (Å²) in [6.07, 6.45) is 5.62. The number of carbonyl (C=O) groups excluding carboxylic acids is 2. The predicted molar refractivity (Wildman–Crippen MR) is 104 cm³/mol. The van der Waals surface area contributed by atoms with Crippen molar-refractivity contribution in [3.8, 4) is 0 Å². The fraction of sp³-hybridized carbons (Fsp3) is 0.700. The van der Waals surface area contributed by atoms with Gasteiger partial charge in [0.2, 0.25) is 17.8 Å². The zero-order valence-electron chi connectivity index (χ0n) is 16.5. The molecule has 0 aromatic carbocycles. The van der Waals surface area contributed by atoms with Gasteiger partial charge < -0.3 is 19.4 Å². The molecule has 4 rings (SSSR count). The van der Waals surface area contributed by atoms with Crippen LogP contribution >= 0.6 is 0 Å². The molecular weight excluding hydrogens is 358 g/mol. The average molecular weight is 387 g/mol. The third kappa shape index (κ3) is 3.45. The number of nitrogens with zero attached hydrogens (tertiary/aromatic N) is 5. The van der Waals surface area contributed by atoms with Gasteiger partial charge in [-0.15, -0.1) is 0 Å². The zero-order valence-corrected chi connectivity index (χ0v) is 16.5. The maximum Gasteiger partial charge on any atom is 0.231 e. The topological polar surface area (TPSA) is 78.9 Å². The number of carbonyl (C=O) groups is 2. The first-order valence-electron chi connectivity index (χ1n) is 10.3. The highest BCUT2D eigenvalue weighted by molar-refractivity contribution is 5.85. The lowest BCUT2D eigenvalue weighted by Gasteiger charge is -2.38. The van der Waals surface area contributed by atoms with Crippen LogP contribution in [0.3, 0.4) is 0 Å². The third-order valence-corrected chi connectivity index (χ3v) is 6.40. The minimum Gasteiger partial charge on any atom is -0.378 e. The molecule has 2 amide bonds. The summed E-state index contributed by atoms with van der Waals surface area (Å²) in [5.74, 6) is 1.14. The molecule has 0 spiro atoms. The summed E-state index contributed by atoms with van der Waals surface area (Å²) in [4.78, 5) is 41.0. The Hall–Kier alpha value is -2.22. The maximum absolute atomic E-state index is 13.7. The molecule has 1 aromatic heterocycles. The van der Waals surface area contributed by atoms with Crippen LogP contribution in [0.2, 0.25) is 0 Å². The number of rotatable bonds is 3. The second kappa shape index (κ2) is 8.03. The molecular formula is C20H29N5O3. The van der Waals surface area contributed by atoms with Gasteiger partial charge in [0.15, 0.2) is 0 Å². The molecule has 8 heteroatoms. The van der Waals surface area contributed by atoms with Crippen LogP contribution in [0.5, 0.6) is 0 Å². The van der Waals surface area contributed by atoms with E-state index in [1.54, 1.807) is 18.5 Å². The van der Waals surface area contributed by atoms with Crippen LogP contribution in [0.15, 0.2) is 18.5 Å². The van der Waals surface area contributed by atoms with Gasteiger partial charge in [0, 0.05) is 64.0 Å². The van der Waals surface area contributed by atoms with Crippen molar-refractivity contribution in [1.29, 1.82) is 0 Å². The van der Waals surface area contributed by atoms with Crippen LogP contribution in [0.4, 0.5) is 5.95 Å². The van der Waals surface area contributed by atoms with Gasteiger partial charge in [-0.1, -0.05) is 6.92 Å². The van der Waals surface area contributed by atoms with Gasteiger partial charge in [-0.25, -0.2) is 9.97 Å². The molecule has 3 aliphatic rings. The Bertz CT molecular complexity index is 709. The first kappa shape index (κ1) is 19.1. The van der Waals surface area contributed by atoms with Crippen LogP contribution in [0.1, 0.15) is 26.2 Å². The molecule has 0 unspecified atom stereocenters. The Labute approximate surface area is 165 Å². The second-order valence-corrected chi connectivity index (χ2v) is 7.98. The van der Waals surface area contributed by atoms with Crippen molar-refractivity contribution in [3.05, 3.63) is 18.5 Å². The highest BCUT2D eigenvalue weighted by Gasteiger charge is 2.55. The van der Waals surface area contributed by atoms with Crippen molar-refractivity contribution in [2.75, 3.05) is 57.4 Å². The maximum atomic E-state index is 13.7. The molecule has 2 atom stereocenters. The van der Waals surface area contributed by atoms with Crippen LogP contribution in [0.25, 0.3) is 0 Å². The molecule has 0 radical (unpaired) electrons. The summed E-state index contributed by atoms with van der Waals surface area (Å²) >= 11 is 0. The normalized spacial score (nSPS) is 28.0. The molecule has 152 valence electrons. The summed E-state index contributed by atoms with van der Waals surface area (Å²) in [6.45, 7) is 7.07. The molecule has 0 aliphatic carbocycles. The van der Waals surface area contributed by atoms with E-state index in [0.29, 0.717) is 58.3 Å². The largest absolute Gasteiger partial charge is 0.378 e. The molecule has 0 bridgehead atoms. The number of fused-ring (bicyclic) bond motifs is 1. The Kier molecular flexibility index (Phi) is 5.48. The SMILES string of the molecule is CCC(=O)N1CCC[C@]2(C(=O)N3CCOCC3)CN(c3ncccn3)C[C@@H]2C1. The van der Waals surface area contributed by atoms with Gasteiger partial charge in [0.1, 0.15) is 0 Å². The lowest BCUT2D eigenvalue weighted by Crippen LogP contribution is -2.53. The van der Waals surface area contributed by atoms with Crippen LogP contribution in [-0.2, 0) is 14.3 Å². The molecule has 0 N–H and O–H groups in total. The smallest absolute Gasteiger partial charge is 0.231 e. The molecule has 8 nitrogen and oxygen atoms in total. The van der Waals surface area contributed by atoms with Gasteiger partial charge in [0.25, 0.3) is 0 Å². The first-order chi connectivity index (χ1) is 13.6. The monoisotopic (exact) mass is 387 g/mol. The average Bonchev–Trinajstić information content (AvgIpc) is 3.02. The van der Waals surface area contributed by atoms with Crippen LogP contribution in [-0.4, -0.2) is 84.1 Å². The Morgan fingerprint density at radius 2 is 1.89 bits per heavy atom. The van der Waals surface area contributed by atoms with Gasteiger partial charge in [-0.3, -0.25) is 9.59 Å². The number of hydrogen-bond acceptors (Lipinski definition) is 6. The van der Waals surface area contributed by atoms with Gasteiger partial charge in [-0.2, -0.15) is 0 Å². The quantitative estimate of drug-likeness (QED) is 0.763. The Morgan fingerprint density at radius 1 is 1.14 bits per heavy atom. The van der Waals surface area contributed by atoms with Crippen molar-refractivity contribution in [2.24, 2.45) is 11.3 Å². The molecule has 3 aliphatic heterocycles. The number of amides is 2. The van der Waals surface area contributed by atoms with Gasteiger partial charge in [-0.05, 0) is 18.9 Å². The molecule has 3 fully saturated rings. The van der Waals surface area contributed by atoms with Crippen LogP contribution < -0.4 is 4.90 Å². The van der Waals surface area contributed by atoms with E-state index in [9.17, 15) is 9.59 Å². The summed E-state index contributed by atoms with van der Waals surface area (Å²) < 4.78 is 5.45. The zero-order chi connectivity index (χ0) is 19.6. The predicted octanol–water partition coefficient (Wildman–Crippen LogP) is 0.790. The van der Waals surface area contributed by atoms with E-state index >= 15 is 0 Å². The van der Waals surface area contributed by atoms with Crippen LogP contribution in [0, 0.1) is 11.3 Å². The molecule has 4 heterocycles. The lowest BCUT2D eigenvalue weighted by atomic mass is 9.73. The summed E-state index contributed by atoms with van der Waals surface area (Å²) in [7, 11) is 0. The second-order valence-electron chi connectivity index (χ2n) is 7.98. The van der Waals surface area contributed by atoms with E-state index in [1.807, 2.05) is 16.7 Å².